The lowest BCUT2D eigenvalue weighted by molar-refractivity contribution is 0.0159. The van der Waals surface area contributed by atoms with Crippen LogP contribution in [0.1, 0.15) is 33.3 Å². The quantitative estimate of drug-likeness (QED) is 0.529. The second-order valence-electron chi connectivity index (χ2n) is 8.73. The van der Waals surface area contributed by atoms with Crippen molar-refractivity contribution in [1.82, 2.24) is 24.4 Å². The van der Waals surface area contributed by atoms with Crippen molar-refractivity contribution in [1.29, 1.82) is 5.26 Å². The van der Waals surface area contributed by atoms with Gasteiger partial charge < -0.3 is 14.5 Å². The number of anilines is 1. The Morgan fingerprint density at radius 3 is 2.75 bits per heavy atom. The zero-order chi connectivity index (χ0) is 23.0. The van der Waals surface area contributed by atoms with Gasteiger partial charge >= 0.3 is 6.09 Å². The number of halogens is 1. The molecule has 1 aliphatic heterocycles. The van der Waals surface area contributed by atoms with Gasteiger partial charge in [0.25, 0.3) is 0 Å². The summed E-state index contributed by atoms with van der Waals surface area (Å²) < 4.78 is 8.22. The molecule has 1 aliphatic rings. The highest BCUT2D eigenvalue weighted by Gasteiger charge is 2.32. The van der Waals surface area contributed by atoms with Crippen LogP contribution in [0.15, 0.2) is 35.3 Å². The van der Waals surface area contributed by atoms with E-state index < -0.39 is 5.60 Å². The van der Waals surface area contributed by atoms with Gasteiger partial charge in [-0.05, 0) is 55.8 Å². The fourth-order valence-electron chi connectivity index (χ4n) is 3.78. The van der Waals surface area contributed by atoms with Crippen LogP contribution in [0.25, 0.3) is 16.9 Å². The largest absolute Gasteiger partial charge is 0.444 e. The van der Waals surface area contributed by atoms with Crippen LogP contribution in [0, 0.1) is 11.3 Å². The lowest BCUT2D eigenvalue weighted by Gasteiger charge is -2.40. The number of hydrogen-bond acceptors (Lipinski definition) is 7. The number of carbonyl (C=O) groups is 1. The number of amides is 1. The molecule has 1 unspecified atom stereocenters. The van der Waals surface area contributed by atoms with Gasteiger partial charge in [-0.3, -0.25) is 4.57 Å². The van der Waals surface area contributed by atoms with Crippen LogP contribution >= 0.6 is 15.9 Å². The fraction of sp³-hybridized carbons (Fsp3) is 0.409. The van der Waals surface area contributed by atoms with Gasteiger partial charge in [-0.1, -0.05) is 0 Å². The minimum Gasteiger partial charge on any atom is -0.444 e. The molecule has 0 bridgehead atoms. The molecule has 1 fully saturated rings. The molecular weight excluding hydrogens is 474 g/mol. The molecule has 4 heterocycles. The van der Waals surface area contributed by atoms with Crippen LogP contribution in [0.3, 0.4) is 0 Å². The Labute approximate surface area is 194 Å². The molecule has 3 aromatic rings. The van der Waals surface area contributed by atoms with Crippen molar-refractivity contribution in [3.63, 3.8) is 0 Å². The molecule has 32 heavy (non-hydrogen) atoms. The number of nitrogens with zero attached hydrogens (tertiary/aromatic N) is 7. The summed E-state index contributed by atoms with van der Waals surface area (Å²) in [4.78, 5) is 29.9. The molecule has 0 N–H and O–H groups in total. The average Bonchev–Trinajstić information content (AvgIpc) is 3.09. The zero-order valence-electron chi connectivity index (χ0n) is 18.4. The third-order valence-corrected chi connectivity index (χ3v) is 5.79. The second-order valence-corrected chi connectivity index (χ2v) is 9.58. The van der Waals surface area contributed by atoms with E-state index in [9.17, 15) is 10.1 Å². The molecule has 9 nitrogen and oxygen atoms in total. The number of carbonyl (C=O) groups excluding carboxylic acids is 1. The van der Waals surface area contributed by atoms with Crippen molar-refractivity contribution in [2.75, 3.05) is 24.5 Å². The predicted molar refractivity (Wildman–Crippen MR) is 124 cm³/mol. The normalized spacial score (nSPS) is 16.8. The van der Waals surface area contributed by atoms with E-state index in [1.165, 1.54) is 6.33 Å². The topological polar surface area (TPSA) is 100 Å². The van der Waals surface area contributed by atoms with Gasteiger partial charge in [-0.25, -0.2) is 19.7 Å². The molecule has 1 amide bonds. The van der Waals surface area contributed by atoms with Crippen LogP contribution in [-0.4, -0.2) is 61.8 Å². The lowest BCUT2D eigenvalue weighted by atomic mass is 10.2. The Morgan fingerprint density at radius 2 is 2.06 bits per heavy atom. The number of rotatable bonds is 2. The van der Waals surface area contributed by atoms with Gasteiger partial charge in [0.2, 0.25) is 0 Å². The summed E-state index contributed by atoms with van der Waals surface area (Å²) in [5.74, 6) is 1.39. The van der Waals surface area contributed by atoms with Gasteiger partial charge in [0.05, 0.1) is 17.0 Å². The van der Waals surface area contributed by atoms with E-state index in [1.807, 2.05) is 38.5 Å². The summed E-state index contributed by atoms with van der Waals surface area (Å²) in [7, 11) is 0. The van der Waals surface area contributed by atoms with Crippen molar-refractivity contribution in [3.8, 4) is 11.9 Å². The van der Waals surface area contributed by atoms with E-state index >= 15 is 0 Å². The third kappa shape index (κ3) is 4.25. The van der Waals surface area contributed by atoms with E-state index in [0.717, 1.165) is 15.7 Å². The molecular formula is C22H24BrN7O2. The first-order valence-electron chi connectivity index (χ1n) is 10.3. The van der Waals surface area contributed by atoms with Crippen LogP contribution in [0.2, 0.25) is 0 Å². The number of aromatic nitrogens is 4. The highest BCUT2D eigenvalue weighted by molar-refractivity contribution is 9.10. The molecule has 1 saturated heterocycles. The number of hydrogen-bond donors (Lipinski definition) is 0. The highest BCUT2D eigenvalue weighted by Crippen LogP contribution is 2.34. The van der Waals surface area contributed by atoms with Crippen molar-refractivity contribution in [3.05, 3.63) is 40.9 Å². The summed E-state index contributed by atoms with van der Waals surface area (Å²) in [6, 6.07) is 5.48. The SMILES string of the molecule is CC1CN(c2ncnc3c2c(Br)cn3-c2cc(C#N)ccn2)CCN1C(=O)OC(C)(C)C. The first-order valence-corrected chi connectivity index (χ1v) is 11.1. The first kappa shape index (κ1) is 22.0. The minimum absolute atomic E-state index is 0.0431. The average molecular weight is 498 g/mol. The Balaban J connectivity index is 1.64. The van der Waals surface area contributed by atoms with Gasteiger partial charge in [0.1, 0.15) is 23.6 Å². The van der Waals surface area contributed by atoms with Gasteiger partial charge in [0.15, 0.2) is 5.65 Å². The van der Waals surface area contributed by atoms with E-state index in [-0.39, 0.29) is 12.1 Å². The monoisotopic (exact) mass is 497 g/mol. The maximum atomic E-state index is 12.6. The number of nitriles is 1. The van der Waals surface area contributed by atoms with Crippen LogP contribution < -0.4 is 4.90 Å². The molecule has 0 aromatic carbocycles. The van der Waals surface area contributed by atoms with E-state index in [0.29, 0.717) is 36.7 Å². The first-order chi connectivity index (χ1) is 15.2. The molecule has 3 aromatic heterocycles. The van der Waals surface area contributed by atoms with Crippen LogP contribution in [-0.2, 0) is 4.74 Å². The number of fused-ring (bicyclic) bond motifs is 1. The maximum Gasteiger partial charge on any atom is 0.410 e. The molecule has 0 saturated carbocycles. The molecule has 0 aliphatic carbocycles. The Morgan fingerprint density at radius 1 is 1.28 bits per heavy atom. The van der Waals surface area contributed by atoms with Crippen molar-refractivity contribution < 1.29 is 9.53 Å². The number of ether oxygens (including phenoxy) is 1. The van der Waals surface area contributed by atoms with E-state index in [1.54, 1.807) is 23.2 Å². The molecule has 1 atom stereocenters. The second kappa shape index (κ2) is 8.39. The van der Waals surface area contributed by atoms with Gasteiger partial charge in [0, 0.05) is 42.5 Å². The Kier molecular flexibility index (Phi) is 5.77. The molecule has 0 radical (unpaired) electrons. The summed E-state index contributed by atoms with van der Waals surface area (Å²) >= 11 is 3.65. The summed E-state index contributed by atoms with van der Waals surface area (Å²) in [5.41, 5.74) is 0.679. The fourth-order valence-corrected chi connectivity index (χ4v) is 4.34. The maximum absolute atomic E-state index is 12.6. The van der Waals surface area contributed by atoms with Crippen molar-refractivity contribution >= 4 is 38.9 Å². The van der Waals surface area contributed by atoms with Crippen LogP contribution in [0.5, 0.6) is 0 Å². The number of piperazine rings is 1. The Bertz CT molecular complexity index is 1210. The highest BCUT2D eigenvalue weighted by atomic mass is 79.9. The summed E-state index contributed by atoms with van der Waals surface area (Å²) in [5, 5.41) is 10.1. The third-order valence-electron chi connectivity index (χ3n) is 5.19. The molecule has 166 valence electrons. The summed E-state index contributed by atoms with van der Waals surface area (Å²) in [6.07, 6.45) is 4.72. The molecule has 4 rings (SSSR count). The predicted octanol–water partition coefficient (Wildman–Crippen LogP) is 3.90. The Hall–Kier alpha value is -3.19. The smallest absolute Gasteiger partial charge is 0.410 e. The van der Waals surface area contributed by atoms with Crippen LogP contribution in [0.4, 0.5) is 10.6 Å². The summed E-state index contributed by atoms with van der Waals surface area (Å²) in [6.45, 7) is 9.38. The van der Waals surface area contributed by atoms with Crippen molar-refractivity contribution in [2.24, 2.45) is 0 Å². The van der Waals surface area contributed by atoms with E-state index in [4.69, 9.17) is 4.74 Å². The van der Waals surface area contributed by atoms with E-state index in [2.05, 4.69) is 41.9 Å². The lowest BCUT2D eigenvalue weighted by Crippen LogP contribution is -2.55. The van der Waals surface area contributed by atoms with Gasteiger partial charge in [-0.2, -0.15) is 5.26 Å². The zero-order valence-corrected chi connectivity index (χ0v) is 20.0. The molecule has 10 heteroatoms. The number of pyridine rings is 1. The van der Waals surface area contributed by atoms with Crippen molar-refractivity contribution in [2.45, 2.75) is 39.3 Å². The standard InChI is InChI=1S/C22H24BrN7O2/c1-14-11-28(7-8-29(14)21(31)32-22(2,3)4)19-18-16(23)12-30(20(18)27-13-26-19)17-9-15(10-24)5-6-25-17/h5-6,9,12-14H,7-8,11H2,1-4H3. The molecule has 0 spiro atoms. The minimum atomic E-state index is -0.530. The van der Waals surface area contributed by atoms with Gasteiger partial charge in [-0.15, -0.1) is 0 Å².